The quantitative estimate of drug-likeness (QED) is 0.763. The molecule has 0 radical (unpaired) electrons. The van der Waals surface area contributed by atoms with Crippen LogP contribution in [-0.2, 0) is 16.0 Å². The van der Waals surface area contributed by atoms with E-state index in [0.717, 1.165) is 11.1 Å². The van der Waals surface area contributed by atoms with Gasteiger partial charge in [-0.3, -0.25) is 9.59 Å². The predicted molar refractivity (Wildman–Crippen MR) is 104 cm³/mol. The van der Waals surface area contributed by atoms with Gasteiger partial charge in [0.15, 0.2) is 0 Å². The lowest BCUT2D eigenvalue weighted by molar-refractivity contribution is -0.132. The Morgan fingerprint density at radius 2 is 2.00 bits per heavy atom. The first kappa shape index (κ1) is 18.1. The fraction of sp³-hybridized carbons (Fsp3) is 0.300. The molecular formula is C20H18Cl2N2O3. The molecule has 1 heterocycles. The van der Waals surface area contributed by atoms with E-state index in [4.69, 9.17) is 23.2 Å². The lowest BCUT2D eigenvalue weighted by Crippen LogP contribution is -2.38. The molecule has 0 saturated carbocycles. The number of rotatable bonds is 3. The van der Waals surface area contributed by atoms with Crippen LogP contribution in [0, 0.1) is 5.92 Å². The number of halogens is 2. The average molecular weight is 405 g/mol. The van der Waals surface area contributed by atoms with Gasteiger partial charge in [-0.25, -0.2) is 0 Å². The third kappa shape index (κ3) is 3.26. The molecule has 5 nitrogen and oxygen atoms in total. The standard InChI is InChI=1S/C20H18Cl2N2O3/c21-11-4-6-15(22)17(10-11)24-9-8-14(20(24)27)19(26)23-16-7-5-13-12(16)2-1-3-18(13)25/h1-4,6,10,14,16,25H,5,7-9H2,(H,23,26). The van der Waals surface area contributed by atoms with Crippen molar-refractivity contribution in [2.45, 2.75) is 25.3 Å². The van der Waals surface area contributed by atoms with Crippen molar-refractivity contribution in [2.24, 2.45) is 5.92 Å². The van der Waals surface area contributed by atoms with Crippen molar-refractivity contribution in [3.05, 3.63) is 57.6 Å². The fourth-order valence-electron chi connectivity index (χ4n) is 3.91. The molecule has 0 spiro atoms. The number of carbonyl (C=O) groups excluding carboxylic acids is 2. The highest BCUT2D eigenvalue weighted by Gasteiger charge is 2.39. The molecule has 1 aliphatic carbocycles. The number of hydrogen-bond acceptors (Lipinski definition) is 3. The van der Waals surface area contributed by atoms with Gasteiger partial charge in [-0.1, -0.05) is 35.3 Å². The number of phenolic OH excluding ortho intramolecular Hbond substituents is 1. The number of amides is 2. The van der Waals surface area contributed by atoms with E-state index in [1.807, 2.05) is 6.07 Å². The summed E-state index contributed by atoms with van der Waals surface area (Å²) in [6, 6.07) is 10.1. The highest BCUT2D eigenvalue weighted by Crippen LogP contribution is 2.37. The minimum Gasteiger partial charge on any atom is -0.508 e. The van der Waals surface area contributed by atoms with Gasteiger partial charge in [0.25, 0.3) is 0 Å². The fourth-order valence-corrected chi connectivity index (χ4v) is 4.30. The zero-order chi connectivity index (χ0) is 19.1. The maximum absolute atomic E-state index is 12.8. The Bertz CT molecular complexity index is 931. The third-order valence-electron chi connectivity index (χ3n) is 5.28. The first-order chi connectivity index (χ1) is 13.0. The molecule has 2 amide bonds. The van der Waals surface area contributed by atoms with Gasteiger partial charge in [-0.2, -0.15) is 0 Å². The van der Waals surface area contributed by atoms with Crippen LogP contribution >= 0.6 is 23.2 Å². The predicted octanol–water partition coefficient (Wildman–Crippen LogP) is 3.86. The van der Waals surface area contributed by atoms with Gasteiger partial charge in [-0.15, -0.1) is 0 Å². The summed E-state index contributed by atoms with van der Waals surface area (Å²) in [4.78, 5) is 27.1. The Hall–Kier alpha value is -2.24. The van der Waals surface area contributed by atoms with Gasteiger partial charge in [0.05, 0.1) is 16.8 Å². The van der Waals surface area contributed by atoms with Gasteiger partial charge < -0.3 is 15.3 Å². The molecule has 1 fully saturated rings. The Balaban J connectivity index is 1.49. The summed E-state index contributed by atoms with van der Waals surface area (Å²) in [5, 5.41) is 13.8. The number of nitrogens with one attached hydrogen (secondary N) is 1. The summed E-state index contributed by atoms with van der Waals surface area (Å²) in [6.07, 6.45) is 1.84. The van der Waals surface area contributed by atoms with Crippen molar-refractivity contribution < 1.29 is 14.7 Å². The maximum atomic E-state index is 12.8. The Morgan fingerprint density at radius 3 is 2.81 bits per heavy atom. The van der Waals surface area contributed by atoms with E-state index in [9.17, 15) is 14.7 Å². The normalized spacial score (nSPS) is 21.4. The molecule has 140 valence electrons. The minimum absolute atomic E-state index is 0.184. The van der Waals surface area contributed by atoms with Gasteiger partial charge in [0, 0.05) is 11.6 Å². The number of anilines is 1. The number of benzene rings is 2. The second-order valence-corrected chi connectivity index (χ2v) is 7.72. The van der Waals surface area contributed by atoms with Crippen LogP contribution < -0.4 is 10.2 Å². The molecule has 0 bridgehead atoms. The molecule has 1 aliphatic heterocycles. The van der Waals surface area contributed by atoms with Crippen LogP contribution in [0.2, 0.25) is 10.0 Å². The van der Waals surface area contributed by atoms with Crippen LogP contribution in [0.4, 0.5) is 5.69 Å². The Morgan fingerprint density at radius 1 is 1.19 bits per heavy atom. The smallest absolute Gasteiger partial charge is 0.239 e. The van der Waals surface area contributed by atoms with E-state index in [0.29, 0.717) is 41.5 Å². The maximum Gasteiger partial charge on any atom is 0.239 e. The SMILES string of the molecule is O=C(NC1CCc2c(O)cccc21)C1CCN(c2cc(Cl)ccc2Cl)C1=O. The summed E-state index contributed by atoms with van der Waals surface area (Å²) in [7, 11) is 0. The summed E-state index contributed by atoms with van der Waals surface area (Å²) in [6.45, 7) is 0.416. The Kier molecular flexibility index (Phi) is 4.74. The van der Waals surface area contributed by atoms with Crippen molar-refractivity contribution in [3.63, 3.8) is 0 Å². The summed E-state index contributed by atoms with van der Waals surface area (Å²) in [5.74, 6) is -1.06. The molecule has 27 heavy (non-hydrogen) atoms. The first-order valence-corrected chi connectivity index (χ1v) is 9.59. The number of carbonyl (C=O) groups is 2. The zero-order valence-corrected chi connectivity index (χ0v) is 15.9. The molecule has 2 N–H and O–H groups in total. The van der Waals surface area contributed by atoms with Crippen LogP contribution in [0.5, 0.6) is 5.75 Å². The molecule has 4 rings (SSSR count). The molecule has 2 unspecified atom stereocenters. The van der Waals surface area contributed by atoms with Crippen LogP contribution in [0.3, 0.4) is 0 Å². The topological polar surface area (TPSA) is 69.6 Å². The van der Waals surface area contributed by atoms with Crippen molar-refractivity contribution >= 4 is 40.7 Å². The molecule has 1 saturated heterocycles. The van der Waals surface area contributed by atoms with Gasteiger partial charge >= 0.3 is 0 Å². The van der Waals surface area contributed by atoms with Gasteiger partial charge in [0.2, 0.25) is 11.8 Å². The molecule has 2 aromatic carbocycles. The molecule has 2 aromatic rings. The van der Waals surface area contributed by atoms with Crippen molar-refractivity contribution in [2.75, 3.05) is 11.4 Å². The highest BCUT2D eigenvalue weighted by atomic mass is 35.5. The lowest BCUT2D eigenvalue weighted by Gasteiger charge is -2.20. The van der Waals surface area contributed by atoms with Crippen molar-refractivity contribution in [1.82, 2.24) is 5.32 Å². The zero-order valence-electron chi connectivity index (χ0n) is 14.4. The van der Waals surface area contributed by atoms with Gasteiger partial charge in [-0.05, 0) is 54.7 Å². The number of nitrogens with zero attached hydrogens (tertiary/aromatic N) is 1. The average Bonchev–Trinajstić information content (AvgIpc) is 3.22. The number of fused-ring (bicyclic) bond motifs is 1. The number of phenols is 1. The second-order valence-electron chi connectivity index (χ2n) is 6.87. The van der Waals surface area contributed by atoms with E-state index < -0.39 is 5.92 Å². The number of hydrogen-bond donors (Lipinski definition) is 2. The van der Waals surface area contributed by atoms with Crippen LogP contribution in [-0.4, -0.2) is 23.5 Å². The monoisotopic (exact) mass is 404 g/mol. The minimum atomic E-state index is -0.749. The van der Waals surface area contributed by atoms with Crippen LogP contribution in [0.1, 0.15) is 30.0 Å². The van der Waals surface area contributed by atoms with Gasteiger partial charge in [0.1, 0.15) is 11.7 Å². The molecule has 7 heteroatoms. The van der Waals surface area contributed by atoms with E-state index in [-0.39, 0.29) is 23.6 Å². The summed E-state index contributed by atoms with van der Waals surface area (Å²) >= 11 is 12.2. The highest BCUT2D eigenvalue weighted by molar-refractivity contribution is 6.36. The molecule has 0 aromatic heterocycles. The molecule has 2 atom stereocenters. The van der Waals surface area contributed by atoms with Crippen molar-refractivity contribution in [3.8, 4) is 5.75 Å². The van der Waals surface area contributed by atoms with E-state index in [2.05, 4.69) is 5.32 Å². The lowest BCUT2D eigenvalue weighted by atomic mass is 10.0. The van der Waals surface area contributed by atoms with E-state index in [1.54, 1.807) is 30.3 Å². The molecular weight excluding hydrogens is 387 g/mol. The largest absolute Gasteiger partial charge is 0.508 e. The van der Waals surface area contributed by atoms with E-state index in [1.165, 1.54) is 4.90 Å². The first-order valence-electron chi connectivity index (χ1n) is 8.83. The number of aromatic hydroxyl groups is 1. The summed E-state index contributed by atoms with van der Waals surface area (Å²) < 4.78 is 0. The Labute approximate surface area is 166 Å². The third-order valence-corrected chi connectivity index (χ3v) is 5.84. The van der Waals surface area contributed by atoms with Crippen LogP contribution in [0.25, 0.3) is 0 Å². The van der Waals surface area contributed by atoms with Crippen molar-refractivity contribution in [1.29, 1.82) is 0 Å². The van der Waals surface area contributed by atoms with E-state index >= 15 is 0 Å². The van der Waals surface area contributed by atoms with Crippen LogP contribution in [0.15, 0.2) is 36.4 Å². The molecule has 2 aliphatic rings. The second kappa shape index (κ2) is 7.06. The summed E-state index contributed by atoms with van der Waals surface area (Å²) in [5.41, 5.74) is 2.32.